The molecule has 0 aliphatic carbocycles. The predicted octanol–water partition coefficient (Wildman–Crippen LogP) is 1.39. The zero-order valence-electron chi connectivity index (χ0n) is 14.0. The summed E-state index contributed by atoms with van der Waals surface area (Å²) in [6, 6.07) is 6.89. The molecule has 0 atom stereocenters. The number of ether oxygens (including phenoxy) is 3. The van der Waals surface area contributed by atoms with Gasteiger partial charge in [0.25, 0.3) is 5.91 Å². The molecule has 24 heavy (non-hydrogen) atoms. The van der Waals surface area contributed by atoms with Gasteiger partial charge in [-0.1, -0.05) is 19.1 Å². The molecular formula is C17H24N2O5. The SMILES string of the molecule is CCCC(=O)OCOc1ccccc1C(=O)NCN1CCOCC1. The fourth-order valence-corrected chi connectivity index (χ4v) is 2.25. The first-order valence-corrected chi connectivity index (χ1v) is 8.16. The molecule has 1 aliphatic heterocycles. The van der Waals surface area contributed by atoms with Crippen LogP contribution in [0.4, 0.5) is 0 Å². The number of para-hydroxylation sites is 1. The van der Waals surface area contributed by atoms with Gasteiger partial charge < -0.3 is 19.5 Å². The Kier molecular flexibility index (Phi) is 7.51. The Morgan fingerprint density at radius 2 is 2.00 bits per heavy atom. The van der Waals surface area contributed by atoms with Gasteiger partial charge in [-0.3, -0.25) is 14.5 Å². The summed E-state index contributed by atoms with van der Waals surface area (Å²) in [5.41, 5.74) is 0.414. The van der Waals surface area contributed by atoms with Crippen molar-refractivity contribution >= 4 is 11.9 Å². The van der Waals surface area contributed by atoms with Crippen molar-refractivity contribution in [2.45, 2.75) is 19.8 Å². The molecule has 0 bridgehead atoms. The fourth-order valence-electron chi connectivity index (χ4n) is 2.25. The first-order chi connectivity index (χ1) is 11.7. The van der Waals surface area contributed by atoms with E-state index < -0.39 is 0 Å². The van der Waals surface area contributed by atoms with Gasteiger partial charge in [0.1, 0.15) is 5.75 Å². The number of hydrogen-bond acceptors (Lipinski definition) is 6. The normalized spacial score (nSPS) is 14.9. The highest BCUT2D eigenvalue weighted by molar-refractivity contribution is 5.96. The molecule has 1 fully saturated rings. The molecule has 1 heterocycles. The van der Waals surface area contributed by atoms with Crippen LogP contribution < -0.4 is 10.1 Å². The second kappa shape index (κ2) is 9.89. The van der Waals surface area contributed by atoms with Crippen molar-refractivity contribution in [3.05, 3.63) is 29.8 Å². The summed E-state index contributed by atoms with van der Waals surface area (Å²) in [7, 11) is 0. The van der Waals surface area contributed by atoms with Crippen molar-refractivity contribution in [3.8, 4) is 5.75 Å². The highest BCUT2D eigenvalue weighted by Gasteiger charge is 2.15. The Morgan fingerprint density at radius 3 is 2.75 bits per heavy atom. The number of carbonyl (C=O) groups excluding carboxylic acids is 2. The molecule has 132 valence electrons. The highest BCUT2D eigenvalue weighted by Crippen LogP contribution is 2.18. The standard InChI is InChI=1S/C17H24N2O5/c1-2-5-16(20)24-13-23-15-7-4-3-6-14(15)17(21)18-12-19-8-10-22-11-9-19/h3-4,6-7H,2,5,8-13H2,1H3,(H,18,21). The van der Waals surface area contributed by atoms with Crippen molar-refractivity contribution in [2.75, 3.05) is 39.8 Å². The lowest BCUT2D eigenvalue weighted by molar-refractivity contribution is -0.150. The number of benzene rings is 1. The van der Waals surface area contributed by atoms with Crippen LogP contribution in [0.3, 0.4) is 0 Å². The number of hydrogen-bond donors (Lipinski definition) is 1. The first-order valence-electron chi connectivity index (χ1n) is 8.16. The van der Waals surface area contributed by atoms with E-state index in [1.807, 2.05) is 6.92 Å². The molecule has 0 aromatic heterocycles. The van der Waals surface area contributed by atoms with Crippen molar-refractivity contribution in [1.82, 2.24) is 10.2 Å². The summed E-state index contributed by atoms with van der Waals surface area (Å²) in [6.45, 7) is 5.11. The van der Waals surface area contributed by atoms with E-state index in [0.717, 1.165) is 19.5 Å². The molecule has 1 aromatic rings. The van der Waals surface area contributed by atoms with E-state index in [1.54, 1.807) is 24.3 Å². The van der Waals surface area contributed by atoms with Gasteiger partial charge in [-0.2, -0.15) is 0 Å². The van der Waals surface area contributed by atoms with Gasteiger partial charge in [0, 0.05) is 19.5 Å². The minimum absolute atomic E-state index is 0.202. The molecule has 1 aromatic carbocycles. The largest absolute Gasteiger partial charge is 0.457 e. The maximum atomic E-state index is 12.4. The van der Waals surface area contributed by atoms with Crippen molar-refractivity contribution in [3.63, 3.8) is 0 Å². The fraction of sp³-hybridized carbons (Fsp3) is 0.529. The first kappa shape index (κ1) is 18.2. The van der Waals surface area contributed by atoms with Gasteiger partial charge in [0.15, 0.2) is 0 Å². The maximum Gasteiger partial charge on any atom is 0.308 e. The van der Waals surface area contributed by atoms with Gasteiger partial charge in [0.2, 0.25) is 6.79 Å². The van der Waals surface area contributed by atoms with Gasteiger partial charge >= 0.3 is 5.97 Å². The Balaban J connectivity index is 1.84. The summed E-state index contributed by atoms with van der Waals surface area (Å²) in [5.74, 6) is -0.148. The molecule has 1 saturated heterocycles. The van der Waals surface area contributed by atoms with Crippen molar-refractivity contribution < 1.29 is 23.8 Å². The minimum atomic E-state index is -0.313. The van der Waals surface area contributed by atoms with E-state index in [1.165, 1.54) is 0 Å². The summed E-state index contributed by atoms with van der Waals surface area (Å²) >= 11 is 0. The summed E-state index contributed by atoms with van der Waals surface area (Å²) < 4.78 is 15.7. The van der Waals surface area contributed by atoms with Gasteiger partial charge in [-0.05, 0) is 18.6 Å². The molecule has 0 spiro atoms. The third-order valence-electron chi connectivity index (χ3n) is 3.59. The zero-order valence-corrected chi connectivity index (χ0v) is 14.0. The van der Waals surface area contributed by atoms with Crippen LogP contribution in [0, 0.1) is 0 Å². The third kappa shape index (κ3) is 5.82. The molecular weight excluding hydrogens is 312 g/mol. The molecule has 0 unspecified atom stereocenters. The molecule has 1 amide bonds. The Morgan fingerprint density at radius 1 is 1.25 bits per heavy atom. The van der Waals surface area contributed by atoms with Crippen LogP contribution in [0.15, 0.2) is 24.3 Å². The van der Waals surface area contributed by atoms with Crippen LogP contribution in [0.2, 0.25) is 0 Å². The van der Waals surface area contributed by atoms with Crippen LogP contribution in [0.25, 0.3) is 0 Å². The topological polar surface area (TPSA) is 77.1 Å². The Hall–Kier alpha value is -2.12. The Bertz CT molecular complexity index is 544. The van der Waals surface area contributed by atoms with Crippen LogP contribution in [0.5, 0.6) is 5.75 Å². The van der Waals surface area contributed by atoms with Gasteiger partial charge in [-0.15, -0.1) is 0 Å². The molecule has 7 nitrogen and oxygen atoms in total. The van der Waals surface area contributed by atoms with Crippen LogP contribution in [-0.4, -0.2) is 56.5 Å². The van der Waals surface area contributed by atoms with Crippen LogP contribution >= 0.6 is 0 Å². The highest BCUT2D eigenvalue weighted by atomic mass is 16.7. The smallest absolute Gasteiger partial charge is 0.308 e. The van der Waals surface area contributed by atoms with Crippen LogP contribution in [-0.2, 0) is 14.3 Å². The maximum absolute atomic E-state index is 12.4. The van der Waals surface area contributed by atoms with Gasteiger partial charge in [-0.25, -0.2) is 0 Å². The number of esters is 1. The molecule has 0 radical (unpaired) electrons. The predicted molar refractivity (Wildman–Crippen MR) is 87.7 cm³/mol. The molecule has 1 N–H and O–H groups in total. The van der Waals surface area contributed by atoms with Crippen molar-refractivity contribution in [1.29, 1.82) is 0 Å². The average Bonchev–Trinajstić information content (AvgIpc) is 2.61. The summed E-state index contributed by atoms with van der Waals surface area (Å²) in [4.78, 5) is 25.8. The number of nitrogens with one attached hydrogen (secondary N) is 1. The molecule has 2 rings (SSSR count). The number of nitrogens with zero attached hydrogens (tertiary/aromatic N) is 1. The van der Waals surface area contributed by atoms with E-state index in [9.17, 15) is 9.59 Å². The average molecular weight is 336 g/mol. The van der Waals surface area contributed by atoms with Gasteiger partial charge in [0.05, 0.1) is 25.4 Å². The molecule has 1 aliphatic rings. The van der Waals surface area contributed by atoms with Crippen molar-refractivity contribution in [2.24, 2.45) is 0 Å². The van der Waals surface area contributed by atoms with E-state index in [0.29, 0.717) is 37.6 Å². The zero-order chi connectivity index (χ0) is 17.2. The lowest BCUT2D eigenvalue weighted by atomic mass is 10.2. The summed E-state index contributed by atoms with van der Waals surface area (Å²) in [5, 5.41) is 2.87. The Labute approximate surface area is 141 Å². The number of carbonyl (C=O) groups is 2. The lowest BCUT2D eigenvalue weighted by Crippen LogP contribution is -2.43. The third-order valence-corrected chi connectivity index (χ3v) is 3.59. The van der Waals surface area contributed by atoms with E-state index in [2.05, 4.69) is 10.2 Å². The molecule has 0 saturated carbocycles. The van der Waals surface area contributed by atoms with E-state index >= 15 is 0 Å². The second-order valence-electron chi connectivity index (χ2n) is 5.42. The second-order valence-corrected chi connectivity index (χ2v) is 5.42. The number of morpholine rings is 1. The van der Waals surface area contributed by atoms with Crippen LogP contribution in [0.1, 0.15) is 30.1 Å². The van der Waals surface area contributed by atoms with E-state index in [4.69, 9.17) is 14.2 Å². The quantitative estimate of drug-likeness (QED) is 0.571. The number of amides is 1. The monoisotopic (exact) mass is 336 g/mol. The molecule has 7 heteroatoms. The minimum Gasteiger partial charge on any atom is -0.457 e. The lowest BCUT2D eigenvalue weighted by Gasteiger charge is -2.26. The number of rotatable bonds is 8. The van der Waals surface area contributed by atoms with E-state index in [-0.39, 0.29) is 18.7 Å². The summed E-state index contributed by atoms with van der Waals surface area (Å²) in [6.07, 6.45) is 1.07.